The summed E-state index contributed by atoms with van der Waals surface area (Å²) in [5, 5.41) is 0.498. The number of aliphatic imine (C=N–C) groups is 2. The second kappa shape index (κ2) is 6.20. The van der Waals surface area contributed by atoms with Crippen LogP contribution in [0.1, 0.15) is 32.1 Å². The van der Waals surface area contributed by atoms with Crippen molar-refractivity contribution in [3.63, 3.8) is 0 Å². The van der Waals surface area contributed by atoms with Gasteiger partial charge in [-0.2, -0.15) is 4.99 Å². The maximum Gasteiger partial charge on any atom is 0.220 e. The van der Waals surface area contributed by atoms with Gasteiger partial charge in [-0.25, -0.2) is 4.99 Å². The smallest absolute Gasteiger partial charge is 0.220 e. The number of rotatable bonds is 2. The van der Waals surface area contributed by atoms with Crippen LogP contribution in [0.4, 0.5) is 5.69 Å². The first kappa shape index (κ1) is 16.4. The van der Waals surface area contributed by atoms with E-state index in [-0.39, 0.29) is 5.96 Å². The van der Waals surface area contributed by atoms with Crippen molar-refractivity contribution >= 4 is 45.1 Å². The minimum Gasteiger partial charge on any atom is -0.494 e. The molecule has 1 saturated carbocycles. The third-order valence-corrected chi connectivity index (χ3v) is 5.17. The molecule has 2 aliphatic rings. The Bertz CT molecular complexity index is 661. The van der Waals surface area contributed by atoms with Gasteiger partial charge in [-0.1, -0.05) is 18.0 Å². The first-order chi connectivity index (χ1) is 11.0. The number of nitrogens with zero attached hydrogens (tertiary/aromatic N) is 3. The summed E-state index contributed by atoms with van der Waals surface area (Å²) in [5.74, 6) is 1.16. The van der Waals surface area contributed by atoms with Crippen molar-refractivity contribution in [2.45, 2.75) is 37.8 Å². The fraction of sp³-hybridized carbons (Fsp3) is 0.467. The van der Waals surface area contributed by atoms with Crippen LogP contribution in [-0.2, 0) is 0 Å². The van der Waals surface area contributed by atoms with Crippen molar-refractivity contribution in [2.24, 2.45) is 21.5 Å². The lowest BCUT2D eigenvalue weighted by atomic mass is 9.87. The van der Waals surface area contributed by atoms with Crippen LogP contribution in [0.15, 0.2) is 26.6 Å². The van der Waals surface area contributed by atoms with Crippen LogP contribution in [0.5, 0.6) is 5.75 Å². The Hall–Kier alpha value is -1.47. The van der Waals surface area contributed by atoms with Gasteiger partial charge in [-0.15, -0.1) is 0 Å². The maximum absolute atomic E-state index is 6.33. The Labute approximate surface area is 148 Å². The molecule has 6 nitrogen and oxygen atoms in total. The molecule has 8 heteroatoms. The number of nitrogens with two attached hydrogens (primary N) is 2. The van der Waals surface area contributed by atoms with Crippen LogP contribution in [0.3, 0.4) is 0 Å². The fourth-order valence-electron chi connectivity index (χ4n) is 3.37. The average molecular weight is 401 g/mol. The normalized spacial score (nSPS) is 20.2. The predicted octanol–water partition coefficient (Wildman–Crippen LogP) is 3.22. The molecule has 0 atom stereocenters. The highest BCUT2D eigenvalue weighted by Gasteiger charge is 2.42. The van der Waals surface area contributed by atoms with E-state index in [9.17, 15) is 0 Å². The number of guanidine groups is 2. The first-order valence-electron chi connectivity index (χ1n) is 7.49. The van der Waals surface area contributed by atoms with Gasteiger partial charge in [0.2, 0.25) is 11.9 Å². The molecule has 1 spiro atoms. The zero-order valence-corrected chi connectivity index (χ0v) is 15.2. The predicted molar refractivity (Wildman–Crippen MR) is 97.2 cm³/mol. The van der Waals surface area contributed by atoms with Crippen LogP contribution in [0.25, 0.3) is 0 Å². The standard InChI is InChI=1S/C15H19BrClN5O/c1-23-12-10(16)7-9(8-11(12)17)22-14(19)20-13(18)21-15(22)5-3-2-4-6-15/h7-8H,2-6H2,1H3,(H4,18,19,20,21). The Morgan fingerprint density at radius 3 is 2.57 bits per heavy atom. The van der Waals surface area contributed by atoms with E-state index in [1.54, 1.807) is 7.11 Å². The molecule has 1 heterocycles. The monoisotopic (exact) mass is 399 g/mol. The lowest BCUT2D eigenvalue weighted by Gasteiger charge is -2.45. The van der Waals surface area contributed by atoms with E-state index in [1.165, 1.54) is 6.42 Å². The topological polar surface area (TPSA) is 89.2 Å². The van der Waals surface area contributed by atoms with Crippen LogP contribution in [-0.4, -0.2) is 24.7 Å². The van der Waals surface area contributed by atoms with Crippen molar-refractivity contribution in [1.82, 2.24) is 0 Å². The third kappa shape index (κ3) is 2.87. The number of halogens is 2. The molecule has 1 aromatic rings. The fourth-order valence-corrected chi connectivity index (χ4v) is 4.38. The van der Waals surface area contributed by atoms with Gasteiger partial charge in [0.25, 0.3) is 0 Å². The summed E-state index contributed by atoms with van der Waals surface area (Å²) in [5.41, 5.74) is 12.4. The number of anilines is 1. The quantitative estimate of drug-likeness (QED) is 0.797. The molecular weight excluding hydrogens is 382 g/mol. The number of methoxy groups -OCH3 is 1. The SMILES string of the molecule is COc1c(Cl)cc(N2C(N)=NC(N)=NC23CCCCC3)cc1Br. The Kier molecular flexibility index (Phi) is 4.42. The van der Waals surface area contributed by atoms with Crippen molar-refractivity contribution in [3.8, 4) is 5.75 Å². The number of hydrogen-bond donors (Lipinski definition) is 2. The first-order valence-corrected chi connectivity index (χ1v) is 8.67. The molecule has 0 bridgehead atoms. The number of hydrogen-bond acceptors (Lipinski definition) is 6. The van der Waals surface area contributed by atoms with E-state index in [2.05, 4.69) is 25.9 Å². The second-order valence-electron chi connectivity index (χ2n) is 5.76. The molecule has 4 N–H and O–H groups in total. The second-order valence-corrected chi connectivity index (χ2v) is 7.02. The van der Waals surface area contributed by atoms with E-state index >= 15 is 0 Å². The summed E-state index contributed by atoms with van der Waals surface area (Å²) >= 11 is 9.83. The zero-order chi connectivity index (χ0) is 16.6. The van der Waals surface area contributed by atoms with E-state index < -0.39 is 5.66 Å². The molecule has 0 unspecified atom stereocenters. The van der Waals surface area contributed by atoms with Crippen molar-refractivity contribution in [2.75, 3.05) is 12.0 Å². The highest BCUT2D eigenvalue weighted by molar-refractivity contribution is 9.10. The molecule has 0 amide bonds. The summed E-state index contributed by atoms with van der Waals surface area (Å²) in [7, 11) is 1.58. The van der Waals surface area contributed by atoms with E-state index in [1.807, 2.05) is 17.0 Å². The van der Waals surface area contributed by atoms with Gasteiger partial charge >= 0.3 is 0 Å². The lowest BCUT2D eigenvalue weighted by molar-refractivity contribution is 0.305. The molecule has 1 aliphatic heterocycles. The molecule has 0 aromatic heterocycles. The Morgan fingerprint density at radius 2 is 1.96 bits per heavy atom. The summed E-state index contributed by atoms with van der Waals surface area (Å²) < 4.78 is 6.05. The molecule has 1 aromatic carbocycles. The molecule has 0 saturated heterocycles. The van der Waals surface area contributed by atoms with E-state index in [0.29, 0.717) is 16.7 Å². The summed E-state index contributed by atoms with van der Waals surface area (Å²) in [6.45, 7) is 0. The van der Waals surface area contributed by atoms with Gasteiger partial charge in [-0.3, -0.25) is 4.90 Å². The van der Waals surface area contributed by atoms with Crippen molar-refractivity contribution < 1.29 is 4.74 Å². The van der Waals surface area contributed by atoms with Crippen LogP contribution in [0, 0.1) is 0 Å². The summed E-state index contributed by atoms with van der Waals surface area (Å²) in [6, 6.07) is 3.74. The van der Waals surface area contributed by atoms with Gasteiger partial charge in [0, 0.05) is 5.69 Å². The van der Waals surface area contributed by atoms with Crippen LogP contribution >= 0.6 is 27.5 Å². The lowest BCUT2D eigenvalue weighted by Crippen LogP contribution is -2.58. The number of ether oxygens (including phenoxy) is 1. The highest BCUT2D eigenvalue weighted by atomic mass is 79.9. The van der Waals surface area contributed by atoms with Crippen molar-refractivity contribution in [1.29, 1.82) is 0 Å². The molecule has 1 fully saturated rings. The molecule has 3 rings (SSSR count). The Morgan fingerprint density at radius 1 is 1.26 bits per heavy atom. The van der Waals surface area contributed by atoms with E-state index in [4.69, 9.17) is 27.8 Å². The minimum absolute atomic E-state index is 0.235. The van der Waals surface area contributed by atoms with Crippen LogP contribution < -0.4 is 21.1 Å². The van der Waals surface area contributed by atoms with Gasteiger partial charge in [0.05, 0.1) is 16.6 Å². The molecular formula is C15H19BrClN5O. The molecule has 0 radical (unpaired) electrons. The molecule has 124 valence electrons. The zero-order valence-electron chi connectivity index (χ0n) is 12.9. The maximum atomic E-state index is 6.33. The van der Waals surface area contributed by atoms with Gasteiger partial charge < -0.3 is 16.2 Å². The number of benzene rings is 1. The van der Waals surface area contributed by atoms with Gasteiger partial charge in [0.1, 0.15) is 5.66 Å². The summed E-state index contributed by atoms with van der Waals surface area (Å²) in [6.07, 6.45) is 5.10. The Balaban J connectivity index is 2.10. The van der Waals surface area contributed by atoms with Crippen molar-refractivity contribution in [3.05, 3.63) is 21.6 Å². The molecule has 23 heavy (non-hydrogen) atoms. The molecule has 1 aliphatic carbocycles. The van der Waals surface area contributed by atoms with Crippen LogP contribution in [0.2, 0.25) is 5.02 Å². The minimum atomic E-state index is -0.481. The largest absolute Gasteiger partial charge is 0.494 e. The van der Waals surface area contributed by atoms with Gasteiger partial charge in [-0.05, 0) is 53.7 Å². The van der Waals surface area contributed by atoms with E-state index in [0.717, 1.165) is 35.8 Å². The highest BCUT2D eigenvalue weighted by Crippen LogP contribution is 2.43. The summed E-state index contributed by atoms with van der Waals surface area (Å²) in [4.78, 5) is 10.7. The third-order valence-electron chi connectivity index (χ3n) is 4.30. The average Bonchev–Trinajstić information content (AvgIpc) is 2.46. The van der Waals surface area contributed by atoms with Gasteiger partial charge in [0.15, 0.2) is 5.75 Å².